The van der Waals surface area contributed by atoms with Crippen LogP contribution >= 0.6 is 11.3 Å². The highest BCUT2D eigenvalue weighted by molar-refractivity contribution is 7.15. The van der Waals surface area contributed by atoms with E-state index in [9.17, 15) is 4.79 Å². The van der Waals surface area contributed by atoms with Gasteiger partial charge in [-0.1, -0.05) is 94.3 Å². The minimum absolute atomic E-state index is 0.0867. The van der Waals surface area contributed by atoms with Gasteiger partial charge in [0, 0.05) is 11.1 Å². The van der Waals surface area contributed by atoms with E-state index in [1.54, 1.807) is 0 Å². The number of thiazole rings is 1. The van der Waals surface area contributed by atoms with Gasteiger partial charge in [0.05, 0.1) is 11.1 Å². The Morgan fingerprint density at radius 1 is 1.06 bits per heavy atom. The predicted octanol–water partition coefficient (Wildman–Crippen LogP) is 5.23. The molecule has 0 spiro atoms. The van der Waals surface area contributed by atoms with Gasteiger partial charge in [0.25, 0.3) is 5.56 Å². The van der Waals surface area contributed by atoms with Gasteiger partial charge in [0.2, 0.25) is 4.96 Å². The van der Waals surface area contributed by atoms with Crippen LogP contribution in [0.3, 0.4) is 0 Å². The zero-order valence-electron chi connectivity index (χ0n) is 19.1. The topological polar surface area (TPSA) is 56.5 Å². The van der Waals surface area contributed by atoms with Crippen molar-refractivity contribution in [3.63, 3.8) is 0 Å². The largest absolute Gasteiger partial charge is 0.493 e. The van der Waals surface area contributed by atoms with Gasteiger partial charge in [-0.3, -0.25) is 4.79 Å². The average molecular weight is 448 g/mol. The van der Waals surface area contributed by atoms with Gasteiger partial charge in [-0.25, -0.2) is 0 Å². The van der Waals surface area contributed by atoms with Crippen LogP contribution in [0.2, 0.25) is 0 Å². The molecule has 4 aromatic rings. The third-order valence-corrected chi connectivity index (χ3v) is 6.36. The van der Waals surface area contributed by atoms with Crippen LogP contribution in [0.1, 0.15) is 58.1 Å². The van der Waals surface area contributed by atoms with Gasteiger partial charge in [-0.2, -0.15) is 9.50 Å². The second-order valence-corrected chi connectivity index (χ2v) is 9.98. The molecule has 2 heterocycles. The van der Waals surface area contributed by atoms with Crippen LogP contribution in [0.4, 0.5) is 0 Å². The lowest BCUT2D eigenvalue weighted by molar-refractivity contribution is 0.305. The molecule has 0 unspecified atom stereocenters. The molecule has 166 valence electrons. The highest BCUT2D eigenvalue weighted by atomic mass is 32.1. The number of unbranched alkanes of at least 4 members (excludes halogenated alkanes) is 2. The molecule has 0 saturated heterocycles. The van der Waals surface area contributed by atoms with Crippen molar-refractivity contribution in [3.8, 4) is 17.1 Å². The van der Waals surface area contributed by atoms with Crippen molar-refractivity contribution < 1.29 is 4.74 Å². The fraction of sp³-hybridized carbons (Fsp3) is 0.346. The average Bonchev–Trinajstić information content (AvgIpc) is 3.31. The molecule has 0 bridgehead atoms. The van der Waals surface area contributed by atoms with Crippen molar-refractivity contribution in [2.24, 2.45) is 0 Å². The molecule has 32 heavy (non-hydrogen) atoms. The molecule has 4 rings (SSSR count). The van der Waals surface area contributed by atoms with E-state index in [1.807, 2.05) is 42.5 Å². The summed E-state index contributed by atoms with van der Waals surface area (Å²) >= 11 is 1.35. The first-order valence-corrected chi connectivity index (χ1v) is 11.9. The number of fused-ring (bicyclic) bond motifs is 1. The van der Waals surface area contributed by atoms with E-state index in [4.69, 9.17) is 4.74 Å². The van der Waals surface area contributed by atoms with Gasteiger partial charge >= 0.3 is 0 Å². The summed E-state index contributed by atoms with van der Waals surface area (Å²) < 4.78 is 7.94. The molecule has 0 amide bonds. The third-order valence-electron chi connectivity index (χ3n) is 5.40. The maximum Gasteiger partial charge on any atom is 0.291 e. The summed E-state index contributed by atoms with van der Waals surface area (Å²) in [7, 11) is 0. The number of ether oxygens (including phenoxy) is 1. The molecule has 5 nitrogen and oxygen atoms in total. The van der Waals surface area contributed by atoms with Crippen molar-refractivity contribution in [2.75, 3.05) is 6.61 Å². The highest BCUT2D eigenvalue weighted by Crippen LogP contribution is 2.25. The Morgan fingerprint density at radius 3 is 2.50 bits per heavy atom. The zero-order chi connectivity index (χ0) is 22.7. The SMILES string of the molecule is CCCCCOc1ccccc1C=c1sc2nc(-c3ccc(C(C)(C)C)cc3)nn2c1=O. The van der Waals surface area contributed by atoms with Gasteiger partial charge in [0.15, 0.2) is 5.82 Å². The number of para-hydroxylation sites is 1. The maximum absolute atomic E-state index is 13.0. The molecule has 0 aliphatic heterocycles. The van der Waals surface area contributed by atoms with Crippen LogP contribution in [0.25, 0.3) is 22.4 Å². The lowest BCUT2D eigenvalue weighted by Crippen LogP contribution is -2.23. The Balaban J connectivity index is 1.63. The number of rotatable bonds is 7. The number of hydrogen-bond donors (Lipinski definition) is 0. The third kappa shape index (κ3) is 4.75. The van der Waals surface area contributed by atoms with Crippen LogP contribution < -0.4 is 14.8 Å². The van der Waals surface area contributed by atoms with Crippen LogP contribution in [0, 0.1) is 0 Å². The lowest BCUT2D eigenvalue weighted by Gasteiger charge is -2.18. The van der Waals surface area contributed by atoms with E-state index >= 15 is 0 Å². The Bertz CT molecular complexity index is 1310. The number of hydrogen-bond acceptors (Lipinski definition) is 5. The maximum atomic E-state index is 13.0. The molecule has 0 N–H and O–H groups in total. The molecule has 0 aliphatic carbocycles. The molecule has 6 heteroatoms. The van der Waals surface area contributed by atoms with Crippen molar-refractivity contribution in [1.29, 1.82) is 0 Å². The lowest BCUT2D eigenvalue weighted by atomic mass is 9.87. The Kier molecular flexibility index (Phi) is 6.42. The monoisotopic (exact) mass is 447 g/mol. The summed E-state index contributed by atoms with van der Waals surface area (Å²) in [5.74, 6) is 1.36. The fourth-order valence-corrected chi connectivity index (χ4v) is 4.38. The molecule has 2 aromatic carbocycles. The van der Waals surface area contributed by atoms with E-state index in [0.717, 1.165) is 36.1 Å². The van der Waals surface area contributed by atoms with Crippen molar-refractivity contribution >= 4 is 22.4 Å². The molecule has 0 fully saturated rings. The second kappa shape index (κ2) is 9.25. The first-order chi connectivity index (χ1) is 15.4. The summed E-state index contributed by atoms with van der Waals surface area (Å²) in [5.41, 5.74) is 2.98. The van der Waals surface area contributed by atoms with E-state index in [2.05, 4.69) is 49.9 Å². The number of nitrogens with zero attached hydrogens (tertiary/aromatic N) is 3. The standard InChI is InChI=1S/C26H29N3O2S/c1-5-6-9-16-31-21-11-8-7-10-19(21)17-22-24(30)29-25(32-22)27-23(28-29)18-12-14-20(15-13-18)26(2,3)4/h7-8,10-15,17H,5-6,9,16H2,1-4H3. The fourth-order valence-electron chi connectivity index (χ4n) is 3.48. The summed E-state index contributed by atoms with van der Waals surface area (Å²) in [4.78, 5) is 18.2. The molecule has 0 saturated carbocycles. The Morgan fingerprint density at radius 2 is 1.81 bits per heavy atom. The zero-order valence-corrected chi connectivity index (χ0v) is 19.9. The van der Waals surface area contributed by atoms with Gasteiger partial charge in [-0.05, 0) is 29.5 Å². The highest BCUT2D eigenvalue weighted by Gasteiger charge is 2.16. The van der Waals surface area contributed by atoms with Crippen LogP contribution in [0.5, 0.6) is 5.75 Å². The quantitative estimate of drug-likeness (QED) is 0.364. The minimum atomic E-state index is -0.157. The van der Waals surface area contributed by atoms with E-state index in [-0.39, 0.29) is 11.0 Å². The summed E-state index contributed by atoms with van der Waals surface area (Å²) in [5, 5.41) is 4.48. The van der Waals surface area contributed by atoms with Crippen molar-refractivity contribution in [1.82, 2.24) is 14.6 Å². The molecular weight excluding hydrogens is 418 g/mol. The van der Waals surface area contributed by atoms with Crippen LogP contribution in [-0.2, 0) is 5.41 Å². The molecule has 0 aliphatic rings. The van der Waals surface area contributed by atoms with Gasteiger partial charge in [0.1, 0.15) is 5.75 Å². The molecule has 2 aromatic heterocycles. The Labute approximate surface area is 192 Å². The van der Waals surface area contributed by atoms with Gasteiger partial charge in [-0.15, -0.1) is 5.10 Å². The van der Waals surface area contributed by atoms with Crippen LogP contribution in [0.15, 0.2) is 53.3 Å². The normalized spacial score (nSPS) is 12.6. The number of aromatic nitrogens is 3. The van der Waals surface area contributed by atoms with Crippen LogP contribution in [-0.4, -0.2) is 21.2 Å². The predicted molar refractivity (Wildman–Crippen MR) is 132 cm³/mol. The van der Waals surface area contributed by atoms with Crippen molar-refractivity contribution in [3.05, 3.63) is 74.5 Å². The molecule has 0 atom stereocenters. The van der Waals surface area contributed by atoms with E-state index < -0.39 is 0 Å². The summed E-state index contributed by atoms with van der Waals surface area (Å²) in [6.07, 6.45) is 5.19. The van der Waals surface area contributed by atoms with Crippen molar-refractivity contribution in [2.45, 2.75) is 52.4 Å². The van der Waals surface area contributed by atoms with Gasteiger partial charge < -0.3 is 4.74 Å². The first-order valence-electron chi connectivity index (χ1n) is 11.1. The minimum Gasteiger partial charge on any atom is -0.493 e. The Hall–Kier alpha value is -2.99. The summed E-state index contributed by atoms with van der Waals surface area (Å²) in [6.45, 7) is 9.40. The molecular formula is C26H29N3O2S. The van der Waals surface area contributed by atoms with E-state index in [1.165, 1.54) is 21.4 Å². The smallest absolute Gasteiger partial charge is 0.291 e. The number of benzene rings is 2. The summed E-state index contributed by atoms with van der Waals surface area (Å²) in [6, 6.07) is 16.0. The van der Waals surface area contributed by atoms with E-state index in [0.29, 0.717) is 21.9 Å². The molecule has 0 radical (unpaired) electrons. The second-order valence-electron chi connectivity index (χ2n) is 8.97. The first kappa shape index (κ1) is 22.2.